The number of nitrogens with one attached hydrogen (secondary N) is 1. The van der Waals surface area contributed by atoms with E-state index in [0.29, 0.717) is 23.9 Å². The van der Waals surface area contributed by atoms with Crippen molar-refractivity contribution in [2.45, 2.75) is 40.5 Å². The third-order valence-corrected chi connectivity index (χ3v) is 4.57. The number of carbonyl (C=O) groups is 3. The maximum Gasteiger partial charge on any atom is 0.231 e. The second-order valence-electron chi connectivity index (χ2n) is 6.92. The number of thiazole rings is 1. The molecular formula is C16H23N3O3S. The van der Waals surface area contributed by atoms with E-state index in [0.717, 1.165) is 12.8 Å². The number of ketones is 1. The van der Waals surface area contributed by atoms with Gasteiger partial charge in [0.25, 0.3) is 0 Å². The average molecular weight is 337 g/mol. The van der Waals surface area contributed by atoms with Gasteiger partial charge >= 0.3 is 0 Å². The molecule has 0 radical (unpaired) electrons. The number of likely N-dealkylation sites (tertiary alicyclic amines) is 1. The molecule has 1 atom stereocenters. The van der Waals surface area contributed by atoms with Crippen LogP contribution in [0.3, 0.4) is 0 Å². The van der Waals surface area contributed by atoms with E-state index in [1.54, 1.807) is 10.3 Å². The number of aromatic nitrogens is 1. The smallest absolute Gasteiger partial charge is 0.231 e. The highest BCUT2D eigenvalue weighted by atomic mass is 32.1. The maximum atomic E-state index is 12.4. The summed E-state index contributed by atoms with van der Waals surface area (Å²) >= 11 is 1.24. The minimum absolute atomic E-state index is 0.0723. The minimum atomic E-state index is -0.440. The number of anilines is 1. The Labute approximate surface area is 140 Å². The van der Waals surface area contributed by atoms with Gasteiger partial charge in [-0.3, -0.25) is 14.4 Å². The zero-order valence-corrected chi connectivity index (χ0v) is 14.8. The number of amides is 2. The third kappa shape index (κ3) is 4.37. The van der Waals surface area contributed by atoms with E-state index < -0.39 is 5.41 Å². The molecule has 2 amide bonds. The number of rotatable bonds is 3. The van der Waals surface area contributed by atoms with Gasteiger partial charge < -0.3 is 10.2 Å². The first-order valence-corrected chi connectivity index (χ1v) is 8.63. The normalized spacial score (nSPS) is 18.6. The highest BCUT2D eigenvalue weighted by Gasteiger charge is 2.33. The van der Waals surface area contributed by atoms with Crippen LogP contribution < -0.4 is 5.32 Å². The van der Waals surface area contributed by atoms with Crippen LogP contribution in [0, 0.1) is 11.3 Å². The zero-order valence-electron chi connectivity index (χ0n) is 14.0. The van der Waals surface area contributed by atoms with Crippen LogP contribution >= 0.6 is 11.3 Å². The molecule has 1 aliphatic rings. The molecule has 0 saturated carbocycles. The van der Waals surface area contributed by atoms with Crippen molar-refractivity contribution < 1.29 is 14.4 Å². The van der Waals surface area contributed by atoms with E-state index in [-0.39, 0.29) is 23.5 Å². The summed E-state index contributed by atoms with van der Waals surface area (Å²) in [4.78, 5) is 41.9. The topological polar surface area (TPSA) is 79.4 Å². The van der Waals surface area contributed by atoms with Crippen molar-refractivity contribution in [1.82, 2.24) is 9.88 Å². The first-order chi connectivity index (χ1) is 10.7. The van der Waals surface area contributed by atoms with Gasteiger partial charge in [-0.25, -0.2) is 4.98 Å². The summed E-state index contributed by atoms with van der Waals surface area (Å²) in [6, 6.07) is 0. The molecule has 0 spiro atoms. The molecule has 1 saturated heterocycles. The molecule has 0 bridgehead atoms. The lowest BCUT2D eigenvalue weighted by Gasteiger charge is -2.35. The van der Waals surface area contributed by atoms with E-state index in [4.69, 9.17) is 0 Å². The molecule has 7 heteroatoms. The lowest BCUT2D eigenvalue weighted by atomic mass is 9.91. The second-order valence-corrected chi connectivity index (χ2v) is 7.78. The van der Waals surface area contributed by atoms with Crippen molar-refractivity contribution in [2.75, 3.05) is 18.4 Å². The van der Waals surface area contributed by atoms with E-state index >= 15 is 0 Å². The minimum Gasteiger partial charge on any atom is -0.341 e. The maximum absolute atomic E-state index is 12.4. The predicted octanol–water partition coefficient (Wildman–Crippen LogP) is 2.57. The van der Waals surface area contributed by atoms with Crippen molar-refractivity contribution >= 4 is 34.1 Å². The Balaban J connectivity index is 1.99. The Hall–Kier alpha value is -1.76. The van der Waals surface area contributed by atoms with Crippen LogP contribution in [-0.4, -0.2) is 40.6 Å². The van der Waals surface area contributed by atoms with Gasteiger partial charge in [0.05, 0.1) is 5.92 Å². The van der Waals surface area contributed by atoms with Gasteiger partial charge in [0.2, 0.25) is 11.8 Å². The van der Waals surface area contributed by atoms with Crippen LogP contribution in [0.2, 0.25) is 0 Å². The van der Waals surface area contributed by atoms with Gasteiger partial charge in [0.1, 0.15) is 5.69 Å². The average Bonchev–Trinajstić information content (AvgIpc) is 2.94. The van der Waals surface area contributed by atoms with Crippen LogP contribution in [0.1, 0.15) is 51.0 Å². The molecule has 1 aromatic rings. The number of hydrogen-bond donors (Lipinski definition) is 1. The van der Waals surface area contributed by atoms with E-state index in [1.807, 2.05) is 20.8 Å². The van der Waals surface area contributed by atoms with Crippen molar-refractivity contribution in [3.8, 4) is 0 Å². The molecule has 23 heavy (non-hydrogen) atoms. The van der Waals surface area contributed by atoms with Gasteiger partial charge in [-0.05, 0) is 12.8 Å². The summed E-state index contributed by atoms with van der Waals surface area (Å²) in [5.41, 5.74) is -0.0807. The molecule has 0 aromatic carbocycles. The van der Waals surface area contributed by atoms with Crippen molar-refractivity contribution in [3.63, 3.8) is 0 Å². The highest BCUT2D eigenvalue weighted by Crippen LogP contribution is 2.25. The van der Waals surface area contributed by atoms with E-state index in [1.165, 1.54) is 18.3 Å². The molecule has 6 nitrogen and oxygen atoms in total. The van der Waals surface area contributed by atoms with Gasteiger partial charge in [-0.15, -0.1) is 11.3 Å². The molecule has 1 aromatic heterocycles. The van der Waals surface area contributed by atoms with Gasteiger partial charge in [0, 0.05) is 30.8 Å². The monoisotopic (exact) mass is 337 g/mol. The summed E-state index contributed by atoms with van der Waals surface area (Å²) < 4.78 is 0. The lowest BCUT2D eigenvalue weighted by molar-refractivity contribution is -0.142. The highest BCUT2D eigenvalue weighted by molar-refractivity contribution is 7.14. The Bertz CT molecular complexity index is 618. The Kier molecular flexibility index (Phi) is 5.19. The molecule has 1 N–H and O–H groups in total. The molecule has 2 rings (SSSR count). The quantitative estimate of drug-likeness (QED) is 0.860. The summed E-state index contributed by atoms with van der Waals surface area (Å²) in [5.74, 6) is -0.426. The van der Waals surface area contributed by atoms with Crippen molar-refractivity contribution in [2.24, 2.45) is 11.3 Å². The van der Waals surface area contributed by atoms with E-state index in [2.05, 4.69) is 10.3 Å². The van der Waals surface area contributed by atoms with Crippen LogP contribution in [0.5, 0.6) is 0 Å². The summed E-state index contributed by atoms with van der Waals surface area (Å²) in [6.07, 6.45) is 1.57. The lowest BCUT2D eigenvalue weighted by Crippen LogP contribution is -2.47. The molecule has 126 valence electrons. The van der Waals surface area contributed by atoms with Crippen molar-refractivity contribution in [3.05, 3.63) is 11.1 Å². The number of Topliss-reactive ketones (excluding diaryl/α,β-unsaturated/α-hetero) is 1. The number of hydrogen-bond acceptors (Lipinski definition) is 5. The third-order valence-electron chi connectivity index (χ3n) is 3.82. The molecule has 1 aliphatic heterocycles. The SMILES string of the molecule is CC(=O)c1csc(NC(=O)[C@@H]2CCCN(C(=O)C(C)(C)C)C2)n1. The summed E-state index contributed by atoms with van der Waals surface area (Å²) in [5, 5.41) is 4.83. The van der Waals surface area contributed by atoms with E-state index in [9.17, 15) is 14.4 Å². The summed E-state index contributed by atoms with van der Waals surface area (Å²) in [7, 11) is 0. The predicted molar refractivity (Wildman–Crippen MR) is 89.5 cm³/mol. The molecule has 0 unspecified atom stereocenters. The Morgan fingerprint density at radius 1 is 1.35 bits per heavy atom. The first kappa shape index (κ1) is 17.6. The largest absolute Gasteiger partial charge is 0.341 e. The van der Waals surface area contributed by atoms with Crippen LogP contribution in [0.25, 0.3) is 0 Å². The Morgan fingerprint density at radius 2 is 2.04 bits per heavy atom. The molecule has 1 fully saturated rings. The second kappa shape index (κ2) is 6.78. The zero-order chi connectivity index (χ0) is 17.2. The fraction of sp³-hybridized carbons (Fsp3) is 0.625. The standard InChI is InChI=1S/C16H23N3O3S/c1-10(20)12-9-23-15(17-12)18-13(21)11-6-5-7-19(8-11)14(22)16(2,3)4/h9,11H,5-8H2,1-4H3,(H,17,18,21)/t11-/m1/s1. The number of nitrogens with zero attached hydrogens (tertiary/aromatic N) is 2. The van der Waals surface area contributed by atoms with Crippen LogP contribution in [-0.2, 0) is 9.59 Å². The Morgan fingerprint density at radius 3 is 2.61 bits per heavy atom. The first-order valence-electron chi connectivity index (χ1n) is 7.75. The van der Waals surface area contributed by atoms with Gasteiger partial charge in [-0.2, -0.15) is 0 Å². The number of piperidine rings is 1. The fourth-order valence-corrected chi connectivity index (χ4v) is 3.30. The fourth-order valence-electron chi connectivity index (χ4n) is 2.55. The molecule has 0 aliphatic carbocycles. The number of carbonyl (C=O) groups excluding carboxylic acids is 3. The summed E-state index contributed by atoms with van der Waals surface area (Å²) in [6.45, 7) is 8.24. The van der Waals surface area contributed by atoms with Crippen molar-refractivity contribution in [1.29, 1.82) is 0 Å². The van der Waals surface area contributed by atoms with Gasteiger partial charge in [0.15, 0.2) is 10.9 Å². The van der Waals surface area contributed by atoms with Crippen LogP contribution in [0.4, 0.5) is 5.13 Å². The van der Waals surface area contributed by atoms with Crippen LogP contribution in [0.15, 0.2) is 5.38 Å². The molecular weight excluding hydrogens is 314 g/mol. The van der Waals surface area contributed by atoms with Gasteiger partial charge in [-0.1, -0.05) is 20.8 Å². The molecule has 2 heterocycles.